The maximum Gasteiger partial charge on any atom is 0.261 e. The fourth-order valence-electron chi connectivity index (χ4n) is 1.48. The topological polar surface area (TPSA) is 47.3 Å². The van der Waals surface area contributed by atoms with Crippen molar-refractivity contribution in [3.05, 3.63) is 22.4 Å². The molecule has 1 heterocycles. The van der Waals surface area contributed by atoms with Crippen LogP contribution in [-0.4, -0.2) is 25.7 Å². The van der Waals surface area contributed by atoms with Crippen LogP contribution in [0.4, 0.5) is 8.78 Å². The van der Waals surface area contributed by atoms with Crippen molar-refractivity contribution < 1.29 is 13.5 Å². The summed E-state index contributed by atoms with van der Waals surface area (Å²) in [5.41, 5.74) is 3.97. The van der Waals surface area contributed by atoms with Crippen LogP contribution in [0, 0.1) is 0 Å². The second kappa shape index (κ2) is 8.52. The second-order valence-electron chi connectivity index (χ2n) is 3.79. The third-order valence-electron chi connectivity index (χ3n) is 2.45. The summed E-state index contributed by atoms with van der Waals surface area (Å²) in [6.45, 7) is -0.190. The number of ether oxygens (including phenoxy) is 1. The number of hydrogen-bond acceptors (Lipinski definition) is 4. The van der Waals surface area contributed by atoms with Crippen molar-refractivity contribution in [1.29, 1.82) is 0 Å². The van der Waals surface area contributed by atoms with E-state index in [1.165, 1.54) is 5.56 Å². The van der Waals surface area contributed by atoms with E-state index >= 15 is 0 Å². The minimum absolute atomic E-state index is 0.104. The fourth-order valence-corrected chi connectivity index (χ4v) is 2.19. The van der Waals surface area contributed by atoms with E-state index in [2.05, 4.69) is 16.9 Å². The van der Waals surface area contributed by atoms with Gasteiger partial charge in [-0.3, -0.25) is 11.3 Å². The van der Waals surface area contributed by atoms with Crippen molar-refractivity contribution in [2.24, 2.45) is 5.84 Å². The Kier molecular flexibility index (Phi) is 7.27. The van der Waals surface area contributed by atoms with Crippen molar-refractivity contribution >= 4 is 11.3 Å². The summed E-state index contributed by atoms with van der Waals surface area (Å²) in [4.78, 5) is 0. The first-order valence-corrected chi connectivity index (χ1v) is 6.49. The number of nitrogens with one attached hydrogen (secondary N) is 1. The van der Waals surface area contributed by atoms with Gasteiger partial charge in [-0.25, -0.2) is 8.78 Å². The molecule has 17 heavy (non-hydrogen) atoms. The predicted molar refractivity (Wildman–Crippen MR) is 65.2 cm³/mol. The molecule has 1 unspecified atom stereocenters. The summed E-state index contributed by atoms with van der Waals surface area (Å²) in [7, 11) is 0. The Labute approximate surface area is 104 Å². The number of thiophene rings is 1. The molecule has 0 bridgehead atoms. The first-order valence-electron chi connectivity index (χ1n) is 5.55. The summed E-state index contributed by atoms with van der Waals surface area (Å²) in [6, 6.07) is 2.18. The van der Waals surface area contributed by atoms with E-state index < -0.39 is 13.0 Å². The third-order valence-corrected chi connectivity index (χ3v) is 3.18. The molecule has 0 amide bonds. The zero-order valence-corrected chi connectivity index (χ0v) is 10.4. The fraction of sp³-hybridized carbons (Fsp3) is 0.636. The summed E-state index contributed by atoms with van der Waals surface area (Å²) < 4.78 is 28.4. The quantitative estimate of drug-likeness (QED) is 0.408. The van der Waals surface area contributed by atoms with Crippen molar-refractivity contribution in [1.82, 2.24) is 5.43 Å². The van der Waals surface area contributed by atoms with Gasteiger partial charge in [0.25, 0.3) is 6.43 Å². The normalized spacial score (nSPS) is 13.2. The molecule has 0 saturated heterocycles. The van der Waals surface area contributed by atoms with Gasteiger partial charge in [0.1, 0.15) is 6.61 Å². The average molecular weight is 264 g/mol. The molecular formula is C11H18F2N2OS. The average Bonchev–Trinajstić information content (AvgIpc) is 2.81. The molecule has 0 radical (unpaired) electrons. The lowest BCUT2D eigenvalue weighted by Crippen LogP contribution is -2.36. The molecule has 6 heteroatoms. The Hall–Kier alpha value is -0.560. The molecule has 0 saturated carbocycles. The lowest BCUT2D eigenvalue weighted by molar-refractivity contribution is 0.0142. The number of hydrogen-bond donors (Lipinski definition) is 2. The highest BCUT2D eigenvalue weighted by Crippen LogP contribution is 2.11. The van der Waals surface area contributed by atoms with E-state index in [1.807, 2.05) is 5.38 Å². The lowest BCUT2D eigenvalue weighted by Gasteiger charge is -2.15. The lowest BCUT2D eigenvalue weighted by atomic mass is 10.1. The molecule has 1 rings (SSSR count). The largest absolute Gasteiger partial charge is 0.375 e. The molecule has 0 aliphatic heterocycles. The predicted octanol–water partition coefficient (Wildman–Crippen LogP) is 2.18. The molecule has 1 atom stereocenters. The molecule has 0 aliphatic rings. The Morgan fingerprint density at radius 1 is 1.41 bits per heavy atom. The van der Waals surface area contributed by atoms with Crippen LogP contribution >= 0.6 is 11.3 Å². The van der Waals surface area contributed by atoms with Gasteiger partial charge in [0, 0.05) is 12.6 Å². The van der Waals surface area contributed by atoms with E-state index in [0.717, 1.165) is 12.8 Å². The van der Waals surface area contributed by atoms with Crippen molar-refractivity contribution in [3.63, 3.8) is 0 Å². The third kappa shape index (κ3) is 6.68. The highest BCUT2D eigenvalue weighted by atomic mass is 32.1. The molecule has 0 spiro atoms. The zero-order valence-electron chi connectivity index (χ0n) is 9.57. The van der Waals surface area contributed by atoms with E-state index in [0.29, 0.717) is 13.0 Å². The van der Waals surface area contributed by atoms with Crippen molar-refractivity contribution in [3.8, 4) is 0 Å². The number of rotatable bonds is 9. The molecule has 1 aromatic heterocycles. The maximum absolute atomic E-state index is 11.8. The minimum atomic E-state index is -2.40. The zero-order chi connectivity index (χ0) is 12.5. The van der Waals surface area contributed by atoms with Crippen molar-refractivity contribution in [2.45, 2.75) is 31.7 Å². The van der Waals surface area contributed by atoms with E-state index in [-0.39, 0.29) is 6.04 Å². The van der Waals surface area contributed by atoms with E-state index in [9.17, 15) is 8.78 Å². The van der Waals surface area contributed by atoms with Gasteiger partial charge in [-0.2, -0.15) is 11.3 Å². The van der Waals surface area contributed by atoms with E-state index in [4.69, 9.17) is 10.6 Å². The number of alkyl halides is 2. The van der Waals surface area contributed by atoms with Crippen LogP contribution in [0.5, 0.6) is 0 Å². The van der Waals surface area contributed by atoms with Gasteiger partial charge in [0.15, 0.2) is 0 Å². The minimum Gasteiger partial charge on any atom is -0.375 e. The van der Waals surface area contributed by atoms with Gasteiger partial charge < -0.3 is 4.74 Å². The summed E-state index contributed by atoms with van der Waals surface area (Å²) in [6.07, 6.45) is 0.0661. The molecule has 3 nitrogen and oxygen atoms in total. The first-order chi connectivity index (χ1) is 8.22. The van der Waals surface area contributed by atoms with E-state index in [1.54, 1.807) is 11.3 Å². The molecule has 1 aromatic rings. The molecular weight excluding hydrogens is 246 g/mol. The number of nitrogens with two attached hydrogens (primary N) is 1. The molecule has 98 valence electrons. The van der Waals surface area contributed by atoms with Gasteiger partial charge in [0.2, 0.25) is 0 Å². The van der Waals surface area contributed by atoms with Gasteiger partial charge >= 0.3 is 0 Å². The molecule has 3 N–H and O–H groups in total. The SMILES string of the molecule is NNC(CCOCC(F)F)CCc1ccsc1. The summed E-state index contributed by atoms with van der Waals surface area (Å²) >= 11 is 1.66. The van der Waals surface area contributed by atoms with Crippen LogP contribution in [0.15, 0.2) is 16.8 Å². The monoisotopic (exact) mass is 264 g/mol. The number of aryl methyl sites for hydroxylation is 1. The van der Waals surface area contributed by atoms with Crippen LogP contribution in [0.3, 0.4) is 0 Å². The Morgan fingerprint density at radius 3 is 2.82 bits per heavy atom. The number of hydrazine groups is 1. The maximum atomic E-state index is 11.8. The van der Waals surface area contributed by atoms with Gasteiger partial charge in [-0.1, -0.05) is 0 Å². The second-order valence-corrected chi connectivity index (χ2v) is 4.57. The highest BCUT2D eigenvalue weighted by molar-refractivity contribution is 7.07. The van der Waals surface area contributed by atoms with Crippen molar-refractivity contribution in [2.75, 3.05) is 13.2 Å². The highest BCUT2D eigenvalue weighted by Gasteiger charge is 2.08. The Balaban J connectivity index is 2.11. The summed E-state index contributed by atoms with van der Waals surface area (Å²) in [5.74, 6) is 5.40. The Bertz CT molecular complexity index is 283. The molecule has 0 aromatic carbocycles. The van der Waals surface area contributed by atoms with Crippen LogP contribution < -0.4 is 11.3 Å². The standard InChI is InChI=1S/C11H18F2N2OS/c12-11(13)7-16-5-3-10(15-14)2-1-9-4-6-17-8-9/h4,6,8,10-11,15H,1-3,5,7,14H2. The van der Waals surface area contributed by atoms with Crippen LogP contribution in [0.2, 0.25) is 0 Å². The molecule has 0 fully saturated rings. The number of halogens is 2. The van der Waals surface area contributed by atoms with Crippen LogP contribution in [0.1, 0.15) is 18.4 Å². The smallest absolute Gasteiger partial charge is 0.261 e. The van der Waals surface area contributed by atoms with Crippen LogP contribution in [0.25, 0.3) is 0 Å². The van der Waals surface area contributed by atoms with Gasteiger partial charge in [-0.15, -0.1) is 0 Å². The van der Waals surface area contributed by atoms with Crippen LogP contribution in [-0.2, 0) is 11.2 Å². The Morgan fingerprint density at radius 2 is 2.24 bits per heavy atom. The van der Waals surface area contributed by atoms with Gasteiger partial charge in [0.05, 0.1) is 0 Å². The first kappa shape index (κ1) is 14.5. The summed E-state index contributed by atoms with van der Waals surface area (Å²) in [5, 5.41) is 4.13. The molecule has 0 aliphatic carbocycles. The van der Waals surface area contributed by atoms with Gasteiger partial charge in [-0.05, 0) is 41.7 Å².